The number of benzene rings is 1. The summed E-state index contributed by atoms with van der Waals surface area (Å²) in [7, 11) is 0. The minimum Gasteiger partial charge on any atom is -0.493 e. The van der Waals surface area contributed by atoms with Crippen molar-refractivity contribution in [2.24, 2.45) is 5.92 Å². The molecule has 0 fully saturated rings. The molecular formula is C15H22NO. The van der Waals surface area contributed by atoms with Gasteiger partial charge >= 0.3 is 0 Å². The van der Waals surface area contributed by atoms with E-state index in [1.54, 1.807) is 0 Å². The molecule has 2 heteroatoms. The van der Waals surface area contributed by atoms with Crippen molar-refractivity contribution in [3.8, 4) is 5.75 Å². The van der Waals surface area contributed by atoms with E-state index in [0.29, 0.717) is 12.5 Å². The lowest BCUT2D eigenvalue weighted by atomic mass is 9.99. The monoisotopic (exact) mass is 232 g/mol. The second-order valence-corrected chi connectivity index (χ2v) is 4.45. The second kappa shape index (κ2) is 7.10. The largest absolute Gasteiger partial charge is 0.493 e. The van der Waals surface area contributed by atoms with E-state index in [1.165, 1.54) is 0 Å². The van der Waals surface area contributed by atoms with Gasteiger partial charge in [-0.15, -0.1) is 0 Å². The normalized spacial score (nSPS) is 12.2. The van der Waals surface area contributed by atoms with Crippen molar-refractivity contribution in [2.45, 2.75) is 40.0 Å². The van der Waals surface area contributed by atoms with Gasteiger partial charge in [0.15, 0.2) is 0 Å². The smallest absolute Gasteiger partial charge is 0.122 e. The van der Waals surface area contributed by atoms with E-state index < -0.39 is 0 Å². The summed E-state index contributed by atoms with van der Waals surface area (Å²) in [5.74, 6) is 1.31. The van der Waals surface area contributed by atoms with Crippen molar-refractivity contribution in [1.82, 2.24) is 0 Å². The third kappa shape index (κ3) is 4.59. The first-order valence-electron chi connectivity index (χ1n) is 6.32. The van der Waals surface area contributed by atoms with Crippen molar-refractivity contribution < 1.29 is 4.74 Å². The molecule has 0 bridgehead atoms. The van der Waals surface area contributed by atoms with Crippen LogP contribution in [0.15, 0.2) is 18.2 Å². The number of hydrogen-bond donors (Lipinski definition) is 1. The first kappa shape index (κ1) is 13.8. The molecule has 0 heterocycles. The van der Waals surface area contributed by atoms with E-state index in [-0.39, 0.29) is 0 Å². The van der Waals surface area contributed by atoms with Crippen LogP contribution in [0, 0.1) is 24.3 Å². The maximum absolute atomic E-state index is 7.86. The fourth-order valence-electron chi connectivity index (χ4n) is 1.60. The number of hydrogen-bond acceptors (Lipinski definition) is 2. The Balaban J connectivity index is 2.25. The fourth-order valence-corrected chi connectivity index (χ4v) is 1.60. The van der Waals surface area contributed by atoms with Crippen molar-refractivity contribution in [1.29, 1.82) is 5.41 Å². The lowest BCUT2D eigenvalue weighted by Crippen LogP contribution is -2.10. The van der Waals surface area contributed by atoms with Crippen LogP contribution in [0.2, 0.25) is 0 Å². The molecule has 17 heavy (non-hydrogen) atoms. The highest BCUT2D eigenvalue weighted by atomic mass is 16.5. The third-order valence-electron chi connectivity index (χ3n) is 3.07. The van der Waals surface area contributed by atoms with Crippen molar-refractivity contribution in [3.05, 3.63) is 29.8 Å². The Morgan fingerprint density at radius 2 is 2.29 bits per heavy atom. The first-order valence-corrected chi connectivity index (χ1v) is 6.32. The minimum atomic E-state index is 0.404. The lowest BCUT2D eigenvalue weighted by Gasteiger charge is -2.11. The third-order valence-corrected chi connectivity index (χ3v) is 3.07. The van der Waals surface area contributed by atoms with Crippen LogP contribution in [0.1, 0.15) is 38.7 Å². The van der Waals surface area contributed by atoms with Crippen LogP contribution in [0.25, 0.3) is 0 Å². The Hall–Kier alpha value is -1.31. The summed E-state index contributed by atoms with van der Waals surface area (Å²) in [6.07, 6.45) is 2.80. The summed E-state index contributed by atoms with van der Waals surface area (Å²) < 4.78 is 5.67. The molecule has 1 aromatic rings. The van der Waals surface area contributed by atoms with Crippen LogP contribution in [0.4, 0.5) is 0 Å². The topological polar surface area (TPSA) is 33.1 Å². The SMILES string of the molecule is CC[C@@H](C)C(=N)CCCOc1ccc[c]c1C. The molecule has 0 aliphatic rings. The molecule has 0 unspecified atom stereocenters. The Morgan fingerprint density at radius 1 is 1.53 bits per heavy atom. The summed E-state index contributed by atoms with van der Waals surface area (Å²) >= 11 is 0. The van der Waals surface area contributed by atoms with Crippen LogP contribution in [0.5, 0.6) is 5.75 Å². The number of nitrogens with one attached hydrogen (secondary N) is 1. The number of rotatable bonds is 7. The maximum atomic E-state index is 7.86. The average molecular weight is 232 g/mol. The molecule has 0 spiro atoms. The Bertz CT molecular complexity index is 360. The summed E-state index contributed by atoms with van der Waals surface area (Å²) in [6, 6.07) is 8.90. The molecule has 0 saturated carbocycles. The average Bonchev–Trinajstić information content (AvgIpc) is 2.35. The molecule has 2 nitrogen and oxygen atoms in total. The molecule has 0 amide bonds. The van der Waals surface area contributed by atoms with E-state index in [0.717, 1.165) is 36.3 Å². The number of ether oxygens (including phenoxy) is 1. The quantitative estimate of drug-likeness (QED) is 0.559. The molecule has 1 aromatic carbocycles. The molecule has 0 saturated heterocycles. The van der Waals surface area contributed by atoms with E-state index in [9.17, 15) is 0 Å². The number of aryl methyl sites for hydroxylation is 1. The molecule has 1 atom stereocenters. The van der Waals surface area contributed by atoms with Gasteiger partial charge in [-0.25, -0.2) is 0 Å². The van der Waals surface area contributed by atoms with Gasteiger partial charge in [0.1, 0.15) is 5.75 Å². The van der Waals surface area contributed by atoms with Gasteiger partial charge in [-0.1, -0.05) is 26.0 Å². The first-order chi connectivity index (χ1) is 8.15. The Labute approximate surface area is 105 Å². The predicted molar refractivity (Wildman–Crippen MR) is 71.9 cm³/mol. The minimum absolute atomic E-state index is 0.404. The lowest BCUT2D eigenvalue weighted by molar-refractivity contribution is 0.311. The van der Waals surface area contributed by atoms with Crippen LogP contribution < -0.4 is 4.74 Å². The van der Waals surface area contributed by atoms with Crippen LogP contribution in [-0.4, -0.2) is 12.3 Å². The van der Waals surface area contributed by atoms with Crippen LogP contribution in [0.3, 0.4) is 0 Å². The van der Waals surface area contributed by atoms with Gasteiger partial charge in [0.2, 0.25) is 0 Å². The highest BCUT2D eigenvalue weighted by Gasteiger charge is 2.06. The van der Waals surface area contributed by atoms with Gasteiger partial charge < -0.3 is 10.1 Å². The fraction of sp³-hybridized carbons (Fsp3) is 0.533. The van der Waals surface area contributed by atoms with Gasteiger partial charge in [0.25, 0.3) is 0 Å². The highest BCUT2D eigenvalue weighted by molar-refractivity contribution is 5.83. The summed E-state index contributed by atoms with van der Waals surface area (Å²) in [5.41, 5.74) is 1.89. The molecule has 93 valence electrons. The zero-order valence-electron chi connectivity index (χ0n) is 11.0. The predicted octanol–water partition coefficient (Wildman–Crippen LogP) is 4.02. The van der Waals surface area contributed by atoms with Gasteiger partial charge in [0.05, 0.1) is 6.61 Å². The maximum Gasteiger partial charge on any atom is 0.122 e. The highest BCUT2D eigenvalue weighted by Crippen LogP contribution is 2.16. The molecule has 1 rings (SSSR count). The van der Waals surface area contributed by atoms with Crippen LogP contribution in [-0.2, 0) is 0 Å². The molecule has 1 N–H and O–H groups in total. The summed E-state index contributed by atoms with van der Waals surface area (Å²) in [5, 5.41) is 7.86. The molecule has 0 aliphatic heterocycles. The zero-order valence-corrected chi connectivity index (χ0v) is 11.0. The summed E-state index contributed by atoms with van der Waals surface area (Å²) in [6.45, 7) is 6.91. The van der Waals surface area contributed by atoms with E-state index in [4.69, 9.17) is 10.1 Å². The Kier molecular flexibility index (Phi) is 5.75. The van der Waals surface area contributed by atoms with Crippen LogP contribution >= 0.6 is 0 Å². The Morgan fingerprint density at radius 3 is 2.94 bits per heavy atom. The zero-order chi connectivity index (χ0) is 12.7. The standard InChI is InChI=1S/C15H22NO/c1-4-12(2)14(16)9-7-11-17-15-10-6-5-8-13(15)3/h5-6,10,12,16H,4,7,9,11H2,1-3H3/t12-/m1/s1. The van der Waals surface area contributed by atoms with Gasteiger partial charge in [-0.05, 0) is 49.8 Å². The van der Waals surface area contributed by atoms with E-state index >= 15 is 0 Å². The molecule has 1 radical (unpaired) electrons. The van der Waals surface area contributed by atoms with Gasteiger partial charge in [-0.3, -0.25) is 0 Å². The van der Waals surface area contributed by atoms with Gasteiger partial charge in [0, 0.05) is 5.71 Å². The molecular weight excluding hydrogens is 210 g/mol. The van der Waals surface area contributed by atoms with Crippen molar-refractivity contribution in [2.75, 3.05) is 6.61 Å². The molecule has 0 aromatic heterocycles. The van der Waals surface area contributed by atoms with Gasteiger partial charge in [-0.2, -0.15) is 0 Å². The van der Waals surface area contributed by atoms with E-state index in [2.05, 4.69) is 19.9 Å². The van der Waals surface area contributed by atoms with E-state index in [1.807, 2.05) is 25.1 Å². The summed E-state index contributed by atoms with van der Waals surface area (Å²) in [4.78, 5) is 0. The second-order valence-electron chi connectivity index (χ2n) is 4.45. The van der Waals surface area contributed by atoms with Crippen molar-refractivity contribution in [3.63, 3.8) is 0 Å². The van der Waals surface area contributed by atoms with Crippen molar-refractivity contribution >= 4 is 5.71 Å². The molecule has 0 aliphatic carbocycles.